The molecule has 3 N–H and O–H groups in total. The van der Waals surface area contributed by atoms with Crippen LogP contribution in [0.15, 0.2) is 23.1 Å². The first kappa shape index (κ1) is 15.0. The number of nitrogens with one attached hydrogen (secondary N) is 1. The van der Waals surface area contributed by atoms with Crippen molar-refractivity contribution in [2.45, 2.75) is 44.0 Å². The number of benzene rings is 1. The molecule has 0 spiro atoms. The second-order valence-electron chi connectivity index (χ2n) is 6.58. The lowest BCUT2D eigenvalue weighted by molar-refractivity contribution is 0.333. The summed E-state index contributed by atoms with van der Waals surface area (Å²) in [7, 11) is -3.42. The van der Waals surface area contributed by atoms with E-state index in [2.05, 4.69) is 4.72 Å². The maximum Gasteiger partial charge on any atom is 0.240 e. The lowest BCUT2D eigenvalue weighted by Gasteiger charge is -2.21. The van der Waals surface area contributed by atoms with E-state index in [1.54, 1.807) is 12.1 Å². The minimum atomic E-state index is -3.42. The second-order valence-corrected chi connectivity index (χ2v) is 8.35. The summed E-state index contributed by atoms with van der Waals surface area (Å²) in [5.41, 5.74) is 7.58. The van der Waals surface area contributed by atoms with Crippen molar-refractivity contribution >= 4 is 10.0 Å². The summed E-state index contributed by atoms with van der Waals surface area (Å²) in [5, 5.41) is 0. The van der Waals surface area contributed by atoms with E-state index in [0.29, 0.717) is 23.9 Å². The fraction of sp³-hybridized carbons (Fsp3) is 0.625. The Morgan fingerprint density at radius 1 is 1.29 bits per heavy atom. The molecule has 5 heteroatoms. The molecule has 3 atom stereocenters. The van der Waals surface area contributed by atoms with Crippen LogP contribution in [0.3, 0.4) is 0 Å². The van der Waals surface area contributed by atoms with E-state index in [1.165, 1.54) is 25.7 Å². The van der Waals surface area contributed by atoms with Crippen molar-refractivity contribution in [3.63, 3.8) is 0 Å². The summed E-state index contributed by atoms with van der Waals surface area (Å²) in [6, 6.07) is 5.18. The number of rotatable bonds is 5. The number of hydrogen-bond acceptors (Lipinski definition) is 3. The first-order valence-electron chi connectivity index (χ1n) is 7.79. The first-order chi connectivity index (χ1) is 9.99. The highest BCUT2D eigenvalue weighted by molar-refractivity contribution is 7.89. The average Bonchev–Trinajstić information content (AvgIpc) is 3.08. The molecule has 1 aromatic carbocycles. The van der Waals surface area contributed by atoms with Crippen molar-refractivity contribution in [2.24, 2.45) is 23.5 Å². The van der Waals surface area contributed by atoms with Gasteiger partial charge < -0.3 is 5.73 Å². The molecule has 0 aromatic heterocycles. The van der Waals surface area contributed by atoms with Gasteiger partial charge in [0, 0.05) is 13.1 Å². The van der Waals surface area contributed by atoms with Crippen LogP contribution in [0.4, 0.5) is 0 Å². The summed E-state index contributed by atoms with van der Waals surface area (Å²) in [5.74, 6) is 2.10. The molecule has 3 rings (SSSR count). The van der Waals surface area contributed by atoms with Crippen molar-refractivity contribution in [1.29, 1.82) is 0 Å². The highest BCUT2D eigenvalue weighted by Crippen LogP contribution is 2.48. The van der Waals surface area contributed by atoms with Crippen LogP contribution in [0.2, 0.25) is 0 Å². The molecule has 3 unspecified atom stereocenters. The van der Waals surface area contributed by atoms with Crippen LogP contribution >= 0.6 is 0 Å². The Labute approximate surface area is 127 Å². The van der Waals surface area contributed by atoms with E-state index in [1.807, 2.05) is 13.0 Å². The minimum absolute atomic E-state index is 0.330. The van der Waals surface area contributed by atoms with Gasteiger partial charge in [-0.25, -0.2) is 13.1 Å². The van der Waals surface area contributed by atoms with Crippen LogP contribution in [0.5, 0.6) is 0 Å². The molecule has 0 aliphatic heterocycles. The molecule has 1 aromatic rings. The number of fused-ring (bicyclic) bond motifs is 2. The molecule has 0 radical (unpaired) electrons. The molecule has 4 nitrogen and oxygen atoms in total. The minimum Gasteiger partial charge on any atom is -0.326 e. The monoisotopic (exact) mass is 308 g/mol. The van der Waals surface area contributed by atoms with Crippen molar-refractivity contribution in [1.82, 2.24) is 4.72 Å². The summed E-state index contributed by atoms with van der Waals surface area (Å²) in [6.07, 6.45) is 5.11. The standard InChI is InChI=1S/C16H24N2O2S/c1-11-2-5-16(8-14(11)9-17)21(19,20)18-10-15-7-12-3-4-13(15)6-12/h2,5,8,12-13,15,18H,3-4,6-7,9-10,17H2,1H3. The predicted octanol–water partition coefficient (Wildman–Crippen LogP) is 2.17. The third-order valence-electron chi connectivity index (χ3n) is 5.27. The molecule has 116 valence electrons. The number of hydrogen-bond donors (Lipinski definition) is 2. The highest BCUT2D eigenvalue weighted by Gasteiger charge is 2.39. The van der Waals surface area contributed by atoms with Crippen molar-refractivity contribution in [2.75, 3.05) is 6.54 Å². The normalized spacial score (nSPS) is 28.2. The Hall–Kier alpha value is -0.910. The summed E-state index contributed by atoms with van der Waals surface area (Å²) in [4.78, 5) is 0.330. The van der Waals surface area contributed by atoms with Crippen molar-refractivity contribution in [3.05, 3.63) is 29.3 Å². The zero-order valence-corrected chi connectivity index (χ0v) is 13.3. The lowest BCUT2D eigenvalue weighted by Crippen LogP contribution is -2.31. The Kier molecular flexibility index (Phi) is 4.08. The summed E-state index contributed by atoms with van der Waals surface area (Å²) < 4.78 is 27.6. The number of sulfonamides is 1. The topological polar surface area (TPSA) is 72.2 Å². The molecular formula is C16H24N2O2S. The van der Waals surface area contributed by atoms with Gasteiger partial charge in [0.05, 0.1) is 4.90 Å². The SMILES string of the molecule is Cc1ccc(S(=O)(=O)NCC2CC3CCC2C3)cc1CN. The predicted molar refractivity (Wildman–Crippen MR) is 83.2 cm³/mol. The van der Waals surface area contributed by atoms with Gasteiger partial charge in [-0.1, -0.05) is 12.5 Å². The van der Waals surface area contributed by atoms with Gasteiger partial charge in [0.2, 0.25) is 10.0 Å². The van der Waals surface area contributed by atoms with Gasteiger partial charge in [-0.05, 0) is 67.2 Å². The van der Waals surface area contributed by atoms with Crippen LogP contribution in [0, 0.1) is 24.7 Å². The van der Waals surface area contributed by atoms with Gasteiger partial charge >= 0.3 is 0 Å². The summed E-state index contributed by atoms with van der Waals surface area (Å²) >= 11 is 0. The van der Waals surface area contributed by atoms with Gasteiger partial charge in [0.1, 0.15) is 0 Å². The third kappa shape index (κ3) is 3.00. The van der Waals surface area contributed by atoms with E-state index >= 15 is 0 Å². The van der Waals surface area contributed by atoms with Crippen LogP contribution in [0.1, 0.15) is 36.8 Å². The number of nitrogens with two attached hydrogens (primary N) is 1. The van der Waals surface area contributed by atoms with Gasteiger partial charge in [0.15, 0.2) is 0 Å². The van der Waals surface area contributed by atoms with Crippen LogP contribution in [-0.4, -0.2) is 15.0 Å². The molecule has 2 saturated carbocycles. The molecular weight excluding hydrogens is 284 g/mol. The number of aryl methyl sites for hydroxylation is 1. The Bertz CT molecular complexity index is 627. The quantitative estimate of drug-likeness (QED) is 0.875. The molecule has 2 bridgehead atoms. The smallest absolute Gasteiger partial charge is 0.240 e. The van der Waals surface area contributed by atoms with E-state index < -0.39 is 10.0 Å². The third-order valence-corrected chi connectivity index (χ3v) is 6.69. The molecule has 0 heterocycles. The van der Waals surface area contributed by atoms with Crippen LogP contribution in [-0.2, 0) is 16.6 Å². The van der Waals surface area contributed by atoms with Gasteiger partial charge in [-0.15, -0.1) is 0 Å². The first-order valence-corrected chi connectivity index (χ1v) is 9.27. The van der Waals surface area contributed by atoms with Gasteiger partial charge in [-0.2, -0.15) is 0 Å². The molecule has 2 fully saturated rings. The maximum absolute atomic E-state index is 12.4. The van der Waals surface area contributed by atoms with Gasteiger partial charge in [0.25, 0.3) is 0 Å². The molecule has 2 aliphatic carbocycles. The molecule has 2 aliphatic rings. The fourth-order valence-electron chi connectivity index (χ4n) is 3.96. The van der Waals surface area contributed by atoms with E-state index in [4.69, 9.17) is 5.73 Å². The Morgan fingerprint density at radius 2 is 2.10 bits per heavy atom. The van der Waals surface area contributed by atoms with E-state index in [9.17, 15) is 8.42 Å². The van der Waals surface area contributed by atoms with Crippen molar-refractivity contribution in [3.8, 4) is 0 Å². The van der Waals surface area contributed by atoms with Crippen molar-refractivity contribution < 1.29 is 8.42 Å². The zero-order chi connectivity index (χ0) is 15.0. The second kappa shape index (κ2) is 5.71. The van der Waals surface area contributed by atoms with E-state index in [-0.39, 0.29) is 0 Å². The average molecular weight is 308 g/mol. The summed E-state index contributed by atoms with van der Waals surface area (Å²) in [6.45, 7) is 2.89. The highest BCUT2D eigenvalue weighted by atomic mass is 32.2. The van der Waals surface area contributed by atoms with Crippen LogP contribution < -0.4 is 10.5 Å². The van der Waals surface area contributed by atoms with E-state index in [0.717, 1.165) is 23.0 Å². The zero-order valence-electron chi connectivity index (χ0n) is 12.5. The van der Waals surface area contributed by atoms with Gasteiger partial charge in [-0.3, -0.25) is 0 Å². The Morgan fingerprint density at radius 3 is 2.71 bits per heavy atom. The fourth-order valence-corrected chi connectivity index (χ4v) is 5.11. The maximum atomic E-state index is 12.4. The van der Waals surface area contributed by atoms with Crippen LogP contribution in [0.25, 0.3) is 0 Å². The lowest BCUT2D eigenvalue weighted by atomic mass is 9.89. The molecule has 21 heavy (non-hydrogen) atoms. The largest absolute Gasteiger partial charge is 0.326 e. The Balaban J connectivity index is 1.69. The molecule has 0 saturated heterocycles. The molecule has 0 amide bonds.